The van der Waals surface area contributed by atoms with E-state index in [0.717, 1.165) is 37.0 Å². The number of fused-ring (bicyclic) bond motifs is 1. The molecule has 0 amide bonds. The van der Waals surface area contributed by atoms with Crippen molar-refractivity contribution in [1.29, 1.82) is 0 Å². The minimum absolute atomic E-state index is 0.469. The highest BCUT2D eigenvalue weighted by Crippen LogP contribution is 2.27. The summed E-state index contributed by atoms with van der Waals surface area (Å²) in [6.07, 6.45) is 4.37. The predicted octanol–water partition coefficient (Wildman–Crippen LogP) is 1.61. The van der Waals surface area contributed by atoms with Crippen molar-refractivity contribution >= 4 is 17.7 Å². The average molecular weight is 204 g/mol. The van der Waals surface area contributed by atoms with E-state index in [9.17, 15) is 4.79 Å². The lowest BCUT2D eigenvalue weighted by molar-refractivity contribution is -0.106. The molecule has 3 nitrogen and oxygen atoms in total. The molecule has 0 aliphatic carbocycles. The average Bonchev–Trinajstić information content (AvgIpc) is 2.42. The van der Waals surface area contributed by atoms with E-state index >= 15 is 0 Å². The first kappa shape index (κ1) is 10.0. The van der Waals surface area contributed by atoms with Crippen LogP contribution in [0.25, 0.3) is 0 Å². The molecule has 0 fully saturated rings. The highest BCUT2D eigenvalue weighted by molar-refractivity contribution is 5.67. The Labute approximate surface area is 89.9 Å². The molecule has 0 radical (unpaired) electrons. The lowest BCUT2D eigenvalue weighted by Crippen LogP contribution is -2.26. The van der Waals surface area contributed by atoms with Crippen molar-refractivity contribution in [3.8, 4) is 0 Å². The van der Waals surface area contributed by atoms with Crippen molar-refractivity contribution in [2.75, 3.05) is 23.7 Å². The summed E-state index contributed by atoms with van der Waals surface area (Å²) in [6, 6.07) is 5.99. The van der Waals surface area contributed by atoms with E-state index in [4.69, 9.17) is 5.73 Å². The van der Waals surface area contributed by atoms with Crippen LogP contribution in [0.3, 0.4) is 0 Å². The molecular formula is C12H16N2O. The van der Waals surface area contributed by atoms with Crippen molar-refractivity contribution in [3.05, 3.63) is 23.8 Å². The molecule has 0 saturated heterocycles. The highest BCUT2D eigenvalue weighted by Gasteiger charge is 2.14. The molecule has 0 saturated carbocycles. The summed E-state index contributed by atoms with van der Waals surface area (Å²) in [7, 11) is 0. The summed E-state index contributed by atoms with van der Waals surface area (Å²) in [4.78, 5) is 12.7. The van der Waals surface area contributed by atoms with Crippen molar-refractivity contribution < 1.29 is 4.79 Å². The number of anilines is 2. The Morgan fingerprint density at radius 3 is 3.07 bits per heavy atom. The topological polar surface area (TPSA) is 46.3 Å². The first-order valence-corrected chi connectivity index (χ1v) is 5.38. The van der Waals surface area contributed by atoms with Crippen LogP contribution >= 0.6 is 0 Å². The number of carbonyl (C=O) groups is 1. The number of nitrogens with two attached hydrogens (primary N) is 1. The zero-order chi connectivity index (χ0) is 10.7. The van der Waals surface area contributed by atoms with E-state index in [-0.39, 0.29) is 0 Å². The van der Waals surface area contributed by atoms with Gasteiger partial charge in [0.25, 0.3) is 0 Å². The quantitative estimate of drug-likeness (QED) is 0.588. The molecule has 80 valence electrons. The first-order valence-electron chi connectivity index (χ1n) is 5.38. The van der Waals surface area contributed by atoms with Gasteiger partial charge >= 0.3 is 0 Å². The summed E-state index contributed by atoms with van der Waals surface area (Å²) in [6.45, 7) is 1.42. The fraction of sp³-hybridized carbons (Fsp3) is 0.417. The Bertz CT molecular complexity index is 363. The van der Waals surface area contributed by atoms with E-state index in [0.29, 0.717) is 6.54 Å². The third-order valence-corrected chi connectivity index (χ3v) is 2.87. The fourth-order valence-corrected chi connectivity index (χ4v) is 2.10. The maximum absolute atomic E-state index is 10.6. The standard InChI is InChI=1S/C12H16N2O/c13-11-5-4-10-3-1-2-6-14(7-8-15)12(10)9-11/h4-5,8-9H,1-3,6-7,13H2. The molecule has 15 heavy (non-hydrogen) atoms. The van der Waals surface area contributed by atoms with Gasteiger partial charge in [-0.1, -0.05) is 6.07 Å². The Morgan fingerprint density at radius 2 is 2.27 bits per heavy atom. The van der Waals surface area contributed by atoms with Crippen LogP contribution in [0.15, 0.2) is 18.2 Å². The second kappa shape index (κ2) is 4.34. The van der Waals surface area contributed by atoms with Crippen LogP contribution in [0.2, 0.25) is 0 Å². The first-order chi connectivity index (χ1) is 7.31. The van der Waals surface area contributed by atoms with Crippen LogP contribution in [0.4, 0.5) is 11.4 Å². The Morgan fingerprint density at radius 1 is 1.40 bits per heavy atom. The molecule has 0 atom stereocenters. The van der Waals surface area contributed by atoms with Gasteiger partial charge in [0.1, 0.15) is 6.29 Å². The number of carbonyl (C=O) groups excluding carboxylic acids is 1. The van der Waals surface area contributed by atoms with Gasteiger partial charge in [0.2, 0.25) is 0 Å². The number of nitrogens with zero attached hydrogens (tertiary/aromatic N) is 1. The van der Waals surface area contributed by atoms with Crippen molar-refractivity contribution in [2.24, 2.45) is 0 Å². The number of rotatable bonds is 2. The van der Waals surface area contributed by atoms with Crippen molar-refractivity contribution in [2.45, 2.75) is 19.3 Å². The number of nitrogen functional groups attached to an aromatic ring is 1. The van der Waals surface area contributed by atoms with Gasteiger partial charge < -0.3 is 15.4 Å². The van der Waals surface area contributed by atoms with Gasteiger partial charge in [-0.2, -0.15) is 0 Å². The maximum Gasteiger partial charge on any atom is 0.139 e. The van der Waals surface area contributed by atoms with E-state index < -0.39 is 0 Å². The number of benzene rings is 1. The van der Waals surface area contributed by atoms with Gasteiger partial charge in [0, 0.05) is 17.9 Å². The van der Waals surface area contributed by atoms with Gasteiger partial charge in [0.05, 0.1) is 6.54 Å². The van der Waals surface area contributed by atoms with Crippen LogP contribution in [-0.2, 0) is 11.2 Å². The lowest BCUT2D eigenvalue weighted by atomic mass is 10.1. The third-order valence-electron chi connectivity index (χ3n) is 2.87. The van der Waals surface area contributed by atoms with Gasteiger partial charge in [0.15, 0.2) is 0 Å². The van der Waals surface area contributed by atoms with Gasteiger partial charge in [-0.3, -0.25) is 0 Å². The summed E-state index contributed by atoms with van der Waals surface area (Å²) in [5.41, 5.74) is 8.99. The van der Waals surface area contributed by atoms with Crippen LogP contribution in [0.5, 0.6) is 0 Å². The Hall–Kier alpha value is -1.51. The van der Waals surface area contributed by atoms with Crippen LogP contribution in [0.1, 0.15) is 18.4 Å². The monoisotopic (exact) mass is 204 g/mol. The molecular weight excluding hydrogens is 188 g/mol. The second-order valence-electron chi connectivity index (χ2n) is 3.96. The molecule has 1 aliphatic rings. The molecule has 1 heterocycles. The van der Waals surface area contributed by atoms with Gasteiger partial charge in [-0.05, 0) is 37.0 Å². The zero-order valence-corrected chi connectivity index (χ0v) is 8.78. The molecule has 1 aromatic rings. The summed E-state index contributed by atoms with van der Waals surface area (Å²) in [5.74, 6) is 0. The predicted molar refractivity (Wildman–Crippen MR) is 62.1 cm³/mol. The van der Waals surface area contributed by atoms with Crippen molar-refractivity contribution in [1.82, 2.24) is 0 Å². The van der Waals surface area contributed by atoms with Gasteiger partial charge in [-0.25, -0.2) is 0 Å². The number of aldehydes is 1. The fourth-order valence-electron chi connectivity index (χ4n) is 2.10. The van der Waals surface area contributed by atoms with Crippen LogP contribution in [0, 0.1) is 0 Å². The highest BCUT2D eigenvalue weighted by atomic mass is 16.1. The number of aryl methyl sites for hydroxylation is 1. The molecule has 0 unspecified atom stereocenters. The molecule has 0 spiro atoms. The lowest BCUT2D eigenvalue weighted by Gasteiger charge is -2.22. The minimum atomic E-state index is 0.469. The Kier molecular flexibility index (Phi) is 2.90. The summed E-state index contributed by atoms with van der Waals surface area (Å²) in [5, 5.41) is 0. The van der Waals surface area contributed by atoms with Gasteiger partial charge in [-0.15, -0.1) is 0 Å². The summed E-state index contributed by atoms with van der Waals surface area (Å²) < 4.78 is 0. The van der Waals surface area contributed by atoms with E-state index in [1.54, 1.807) is 0 Å². The normalized spacial score (nSPS) is 15.6. The van der Waals surface area contributed by atoms with Crippen LogP contribution < -0.4 is 10.6 Å². The molecule has 1 aromatic carbocycles. The molecule has 1 aliphatic heterocycles. The maximum atomic E-state index is 10.6. The second-order valence-corrected chi connectivity index (χ2v) is 3.96. The minimum Gasteiger partial charge on any atom is -0.399 e. The Balaban J connectivity index is 2.37. The summed E-state index contributed by atoms with van der Waals surface area (Å²) >= 11 is 0. The molecule has 3 heteroatoms. The largest absolute Gasteiger partial charge is 0.399 e. The molecule has 0 aromatic heterocycles. The van der Waals surface area contributed by atoms with Crippen LogP contribution in [-0.4, -0.2) is 19.4 Å². The van der Waals surface area contributed by atoms with E-state index in [1.807, 2.05) is 12.1 Å². The smallest absolute Gasteiger partial charge is 0.139 e. The molecule has 2 rings (SSSR count). The number of hydrogen-bond acceptors (Lipinski definition) is 3. The molecule has 0 bridgehead atoms. The SMILES string of the molecule is Nc1ccc2c(c1)N(CC=O)CCCC2. The van der Waals surface area contributed by atoms with E-state index in [1.165, 1.54) is 12.0 Å². The third kappa shape index (κ3) is 2.12. The number of hydrogen-bond donors (Lipinski definition) is 1. The van der Waals surface area contributed by atoms with E-state index in [2.05, 4.69) is 11.0 Å². The zero-order valence-electron chi connectivity index (χ0n) is 8.78. The molecule has 2 N–H and O–H groups in total. The van der Waals surface area contributed by atoms with Crippen molar-refractivity contribution in [3.63, 3.8) is 0 Å².